The summed E-state index contributed by atoms with van der Waals surface area (Å²) in [7, 11) is 1.66. The van der Waals surface area contributed by atoms with E-state index in [0.717, 1.165) is 55.3 Å². The molecular weight excluding hydrogens is 406 g/mol. The molecule has 32 heavy (non-hydrogen) atoms. The molecule has 2 aliphatic heterocycles. The van der Waals surface area contributed by atoms with Crippen LogP contribution in [-0.2, 0) is 6.42 Å². The molecule has 2 aromatic rings. The number of β-amino-alcohol motifs (C(OH)–C–C–N with tert-alkyl or cyclic N) is 1. The maximum absolute atomic E-state index is 13.1. The molecule has 0 unspecified atom stereocenters. The monoisotopic (exact) mass is 439 g/mol. The molecule has 0 bridgehead atoms. The van der Waals surface area contributed by atoms with Gasteiger partial charge in [0.1, 0.15) is 11.5 Å². The van der Waals surface area contributed by atoms with Crippen LogP contribution in [0.5, 0.6) is 11.5 Å². The van der Waals surface area contributed by atoms with E-state index >= 15 is 0 Å². The van der Waals surface area contributed by atoms with Crippen molar-refractivity contribution in [2.45, 2.75) is 32.3 Å². The van der Waals surface area contributed by atoms with Crippen molar-refractivity contribution in [2.24, 2.45) is 0 Å². The van der Waals surface area contributed by atoms with Gasteiger partial charge in [-0.3, -0.25) is 9.69 Å². The van der Waals surface area contributed by atoms with E-state index in [9.17, 15) is 15.0 Å². The first-order valence-electron chi connectivity index (χ1n) is 11.3. The highest BCUT2D eigenvalue weighted by Gasteiger charge is 2.27. The number of hydrogen-bond donors (Lipinski definition) is 2. The molecule has 0 aliphatic carbocycles. The molecule has 0 saturated carbocycles. The van der Waals surface area contributed by atoms with Gasteiger partial charge >= 0.3 is 0 Å². The van der Waals surface area contributed by atoms with Gasteiger partial charge in [0.2, 0.25) is 0 Å². The van der Waals surface area contributed by atoms with Crippen molar-refractivity contribution in [3.05, 3.63) is 47.5 Å². The molecule has 0 spiro atoms. The van der Waals surface area contributed by atoms with Crippen LogP contribution in [0.2, 0.25) is 0 Å². The first kappa shape index (κ1) is 22.4. The van der Waals surface area contributed by atoms with E-state index in [1.807, 2.05) is 32.0 Å². The largest absolute Gasteiger partial charge is 0.508 e. The van der Waals surface area contributed by atoms with Crippen molar-refractivity contribution >= 4 is 17.3 Å². The van der Waals surface area contributed by atoms with E-state index in [1.54, 1.807) is 30.2 Å². The zero-order valence-corrected chi connectivity index (χ0v) is 19.2. The van der Waals surface area contributed by atoms with Gasteiger partial charge in [-0.25, -0.2) is 0 Å². The fourth-order valence-corrected chi connectivity index (χ4v) is 4.73. The van der Waals surface area contributed by atoms with Crippen molar-refractivity contribution in [3.63, 3.8) is 0 Å². The lowest BCUT2D eigenvalue weighted by atomic mass is 9.98. The highest BCUT2D eigenvalue weighted by atomic mass is 16.5. The lowest BCUT2D eigenvalue weighted by molar-refractivity contribution is 0.0385. The molecule has 172 valence electrons. The fraction of sp³-hybridized carbons (Fsp3) is 0.480. The fourth-order valence-electron chi connectivity index (χ4n) is 4.73. The maximum atomic E-state index is 13.1. The molecule has 4 rings (SSSR count). The minimum atomic E-state index is -0.702. The van der Waals surface area contributed by atoms with Crippen molar-refractivity contribution in [2.75, 3.05) is 56.2 Å². The number of phenolic OH excluding ortho intramolecular Hbond substituents is 1. The Labute approximate surface area is 189 Å². The van der Waals surface area contributed by atoms with E-state index in [2.05, 4.69) is 9.80 Å². The predicted octanol–water partition coefficient (Wildman–Crippen LogP) is 2.89. The molecule has 2 aromatic carbocycles. The number of methoxy groups -OCH3 is 1. The molecule has 7 heteroatoms. The highest BCUT2D eigenvalue weighted by molar-refractivity contribution is 6.08. The van der Waals surface area contributed by atoms with Crippen molar-refractivity contribution in [1.82, 2.24) is 4.90 Å². The van der Waals surface area contributed by atoms with Crippen LogP contribution in [0.1, 0.15) is 36.2 Å². The van der Waals surface area contributed by atoms with E-state index in [1.165, 1.54) is 0 Å². The Kier molecular flexibility index (Phi) is 6.31. The first-order valence-corrected chi connectivity index (χ1v) is 11.3. The molecule has 1 saturated heterocycles. The summed E-state index contributed by atoms with van der Waals surface area (Å²) in [6, 6.07) is 10.9. The van der Waals surface area contributed by atoms with Gasteiger partial charge < -0.3 is 24.7 Å². The predicted molar refractivity (Wildman–Crippen MR) is 126 cm³/mol. The number of carbonyl (C=O) groups is 1. The van der Waals surface area contributed by atoms with E-state index in [4.69, 9.17) is 4.74 Å². The zero-order chi connectivity index (χ0) is 22.9. The van der Waals surface area contributed by atoms with Gasteiger partial charge in [0, 0.05) is 56.6 Å². The minimum Gasteiger partial charge on any atom is -0.508 e. The van der Waals surface area contributed by atoms with Crippen LogP contribution in [0, 0.1) is 0 Å². The number of benzene rings is 2. The van der Waals surface area contributed by atoms with Gasteiger partial charge in [0.05, 0.1) is 18.4 Å². The molecule has 2 heterocycles. The van der Waals surface area contributed by atoms with Crippen LogP contribution in [0.4, 0.5) is 11.4 Å². The molecule has 1 fully saturated rings. The van der Waals surface area contributed by atoms with Crippen molar-refractivity contribution in [3.8, 4) is 11.5 Å². The topological polar surface area (TPSA) is 76.5 Å². The summed E-state index contributed by atoms with van der Waals surface area (Å²) >= 11 is 0. The molecule has 0 atom stereocenters. The van der Waals surface area contributed by atoms with Gasteiger partial charge in [0.25, 0.3) is 5.91 Å². The molecule has 0 aromatic heterocycles. The van der Waals surface area contributed by atoms with Crippen LogP contribution in [0.25, 0.3) is 0 Å². The van der Waals surface area contributed by atoms with Gasteiger partial charge in [0.15, 0.2) is 0 Å². The molecule has 2 aliphatic rings. The Morgan fingerprint density at radius 1 is 1.03 bits per heavy atom. The van der Waals surface area contributed by atoms with Gasteiger partial charge in [-0.2, -0.15) is 0 Å². The van der Waals surface area contributed by atoms with E-state index < -0.39 is 5.60 Å². The number of amides is 1. The Hall–Kier alpha value is -2.77. The number of aliphatic hydroxyl groups is 1. The van der Waals surface area contributed by atoms with Crippen LogP contribution < -0.4 is 14.5 Å². The second-order valence-electron chi connectivity index (χ2n) is 9.33. The highest BCUT2D eigenvalue weighted by Crippen LogP contribution is 2.35. The Morgan fingerprint density at radius 3 is 2.59 bits per heavy atom. The SMILES string of the molecule is COc1cc(N2CCc3cc(O)ccc3C2=O)ccc1N1CCCN(CC(C)(C)O)CC1. The summed E-state index contributed by atoms with van der Waals surface area (Å²) < 4.78 is 5.73. The number of fused-ring (bicyclic) bond motifs is 1. The molecule has 0 radical (unpaired) electrons. The number of anilines is 2. The number of carbonyl (C=O) groups excluding carboxylic acids is 1. The lowest BCUT2D eigenvalue weighted by Crippen LogP contribution is -2.40. The average Bonchev–Trinajstić information content (AvgIpc) is 2.97. The summed E-state index contributed by atoms with van der Waals surface area (Å²) in [5.74, 6) is 0.885. The Balaban J connectivity index is 1.52. The normalized spacial score (nSPS) is 17.8. The molecule has 1 amide bonds. The van der Waals surface area contributed by atoms with Crippen molar-refractivity contribution in [1.29, 1.82) is 0 Å². The summed E-state index contributed by atoms with van der Waals surface area (Å²) in [5.41, 5.74) is 2.66. The Bertz CT molecular complexity index is 986. The van der Waals surface area contributed by atoms with Crippen LogP contribution in [0.15, 0.2) is 36.4 Å². The standard InChI is InChI=1S/C25H33N3O4/c1-25(2,31)17-26-10-4-11-27(14-13-26)22-8-5-19(16-23(22)32-3)28-12-9-18-15-20(29)6-7-21(18)24(28)30/h5-8,15-16,29,31H,4,9-14,17H2,1-3H3. The quantitative estimate of drug-likeness (QED) is 0.746. The number of ether oxygens (including phenoxy) is 1. The molecular formula is C25H33N3O4. The first-order chi connectivity index (χ1) is 15.2. The smallest absolute Gasteiger partial charge is 0.258 e. The van der Waals surface area contributed by atoms with E-state index in [0.29, 0.717) is 25.1 Å². The summed E-state index contributed by atoms with van der Waals surface area (Å²) in [6.07, 6.45) is 1.71. The third kappa shape index (κ3) is 4.84. The van der Waals surface area contributed by atoms with Gasteiger partial charge in [-0.15, -0.1) is 0 Å². The summed E-state index contributed by atoms with van der Waals surface area (Å²) in [6.45, 7) is 8.52. The van der Waals surface area contributed by atoms with Crippen LogP contribution >= 0.6 is 0 Å². The minimum absolute atomic E-state index is 0.0573. The number of aromatic hydroxyl groups is 1. The van der Waals surface area contributed by atoms with Crippen molar-refractivity contribution < 1.29 is 19.7 Å². The lowest BCUT2D eigenvalue weighted by Gasteiger charge is -2.31. The second kappa shape index (κ2) is 9.00. The number of nitrogens with zero attached hydrogens (tertiary/aromatic N) is 3. The number of phenols is 1. The number of rotatable bonds is 5. The molecule has 2 N–H and O–H groups in total. The summed E-state index contributed by atoms with van der Waals surface area (Å²) in [5, 5.41) is 19.9. The zero-order valence-electron chi connectivity index (χ0n) is 19.2. The maximum Gasteiger partial charge on any atom is 0.258 e. The summed E-state index contributed by atoms with van der Waals surface area (Å²) in [4.78, 5) is 19.5. The second-order valence-corrected chi connectivity index (χ2v) is 9.33. The number of hydrogen-bond acceptors (Lipinski definition) is 6. The molecule has 7 nitrogen and oxygen atoms in total. The third-order valence-electron chi connectivity index (χ3n) is 6.18. The third-order valence-corrected chi connectivity index (χ3v) is 6.18. The van der Waals surface area contributed by atoms with Gasteiger partial charge in [-0.1, -0.05) is 0 Å². The van der Waals surface area contributed by atoms with Crippen LogP contribution in [0.3, 0.4) is 0 Å². The average molecular weight is 440 g/mol. The Morgan fingerprint density at radius 2 is 1.84 bits per heavy atom. The van der Waals surface area contributed by atoms with Gasteiger partial charge in [-0.05, 0) is 62.6 Å². The van der Waals surface area contributed by atoms with Crippen LogP contribution in [-0.4, -0.2) is 73.0 Å². The van der Waals surface area contributed by atoms with E-state index in [-0.39, 0.29) is 11.7 Å².